The summed E-state index contributed by atoms with van der Waals surface area (Å²) in [4.78, 5) is 12.7. The minimum absolute atomic E-state index is 0.211. The summed E-state index contributed by atoms with van der Waals surface area (Å²) in [5.41, 5.74) is 1.61. The number of amides is 1. The molecule has 0 fully saturated rings. The Hall–Kier alpha value is -2.40. The molecule has 1 unspecified atom stereocenters. The van der Waals surface area contributed by atoms with Gasteiger partial charge in [-0.25, -0.2) is 0 Å². The molecule has 32 heavy (non-hydrogen) atoms. The van der Waals surface area contributed by atoms with Crippen molar-refractivity contribution in [2.75, 3.05) is 7.11 Å². The number of nitrogens with one attached hydrogen (secondary N) is 1. The Balaban J connectivity index is 2.06. The molecule has 0 saturated heterocycles. The van der Waals surface area contributed by atoms with Crippen LogP contribution in [0, 0.1) is 0 Å². The van der Waals surface area contributed by atoms with E-state index >= 15 is 0 Å². The van der Waals surface area contributed by atoms with Crippen molar-refractivity contribution in [2.45, 2.75) is 32.4 Å². The van der Waals surface area contributed by atoms with E-state index in [9.17, 15) is 4.79 Å². The molecule has 1 atom stereocenters. The average molecular weight is 493 g/mol. The van der Waals surface area contributed by atoms with Gasteiger partial charge in [0.05, 0.1) is 7.11 Å². The zero-order valence-electron chi connectivity index (χ0n) is 18.2. The molecular weight excluding hydrogens is 469 g/mol. The van der Waals surface area contributed by atoms with E-state index < -0.39 is 6.10 Å². The quantitative estimate of drug-likeness (QED) is 0.391. The summed E-state index contributed by atoms with van der Waals surface area (Å²) >= 11 is 18.7. The fourth-order valence-electron chi connectivity index (χ4n) is 3.11. The van der Waals surface area contributed by atoms with Crippen molar-refractivity contribution in [3.8, 4) is 11.5 Å². The third-order valence-electron chi connectivity index (χ3n) is 4.58. The van der Waals surface area contributed by atoms with E-state index in [2.05, 4.69) is 5.32 Å². The van der Waals surface area contributed by atoms with Crippen molar-refractivity contribution < 1.29 is 14.3 Å². The van der Waals surface area contributed by atoms with E-state index in [0.717, 1.165) is 5.56 Å². The molecule has 3 aromatic carbocycles. The molecule has 1 N–H and O–H groups in total. The van der Waals surface area contributed by atoms with E-state index in [-0.39, 0.29) is 11.4 Å². The molecule has 0 aliphatic carbocycles. The first-order chi connectivity index (χ1) is 15.1. The summed E-state index contributed by atoms with van der Waals surface area (Å²) in [6.07, 6.45) is -0.591. The summed E-state index contributed by atoms with van der Waals surface area (Å²) < 4.78 is 11.9. The van der Waals surface area contributed by atoms with Crippen LogP contribution in [0.1, 0.15) is 48.4 Å². The zero-order chi connectivity index (χ0) is 23.5. The standard InChI is InChI=1S/C25H24Cl3NO3/c1-25(2,3)29-24(30)16-7-12-21(31-4)22(13-16)32-23(15-5-8-17(26)9-6-15)19-11-10-18(27)14-20(19)28/h5-14,23H,1-4H3,(H,29,30). The number of benzene rings is 3. The topological polar surface area (TPSA) is 47.6 Å². The minimum atomic E-state index is -0.591. The maximum Gasteiger partial charge on any atom is 0.251 e. The molecule has 3 rings (SSSR count). The molecule has 4 nitrogen and oxygen atoms in total. The first-order valence-electron chi connectivity index (χ1n) is 9.95. The lowest BCUT2D eigenvalue weighted by molar-refractivity contribution is 0.0918. The van der Waals surface area contributed by atoms with Crippen LogP contribution in [-0.4, -0.2) is 18.6 Å². The van der Waals surface area contributed by atoms with Crippen molar-refractivity contribution in [2.24, 2.45) is 0 Å². The third kappa shape index (κ3) is 6.10. The lowest BCUT2D eigenvalue weighted by atomic mass is 10.0. The number of halogens is 3. The van der Waals surface area contributed by atoms with Gasteiger partial charge in [0.25, 0.3) is 5.91 Å². The van der Waals surface area contributed by atoms with Crippen molar-refractivity contribution in [3.05, 3.63) is 92.4 Å². The second kappa shape index (κ2) is 10.0. The normalized spacial score (nSPS) is 12.2. The van der Waals surface area contributed by atoms with Crippen LogP contribution in [0.4, 0.5) is 0 Å². The molecular formula is C25H24Cl3NO3. The Kier molecular flexibility index (Phi) is 7.60. The van der Waals surface area contributed by atoms with Crippen LogP contribution in [0.15, 0.2) is 60.7 Å². The van der Waals surface area contributed by atoms with Crippen LogP contribution in [0.3, 0.4) is 0 Å². The van der Waals surface area contributed by atoms with Gasteiger partial charge in [0.2, 0.25) is 0 Å². The predicted molar refractivity (Wildman–Crippen MR) is 131 cm³/mol. The Bertz CT molecular complexity index is 1110. The van der Waals surface area contributed by atoms with E-state index in [0.29, 0.717) is 37.7 Å². The summed E-state index contributed by atoms with van der Waals surface area (Å²) in [5.74, 6) is 0.680. The van der Waals surface area contributed by atoms with Crippen molar-refractivity contribution >= 4 is 40.7 Å². The van der Waals surface area contributed by atoms with E-state index in [1.807, 2.05) is 39.0 Å². The van der Waals surface area contributed by atoms with Crippen LogP contribution in [0.25, 0.3) is 0 Å². The number of rotatable bonds is 6. The van der Waals surface area contributed by atoms with Crippen molar-refractivity contribution in [1.82, 2.24) is 5.32 Å². The molecule has 168 valence electrons. The van der Waals surface area contributed by atoms with E-state index in [4.69, 9.17) is 44.3 Å². The average Bonchev–Trinajstić information content (AvgIpc) is 2.72. The Labute approximate surface area is 203 Å². The third-order valence-corrected chi connectivity index (χ3v) is 5.39. The van der Waals surface area contributed by atoms with Crippen molar-refractivity contribution in [3.63, 3.8) is 0 Å². The molecule has 0 aromatic heterocycles. The SMILES string of the molecule is COc1ccc(C(=O)NC(C)(C)C)cc1OC(c1ccc(Cl)cc1)c1ccc(Cl)cc1Cl. The van der Waals surface area contributed by atoms with Crippen LogP contribution in [0.5, 0.6) is 11.5 Å². The van der Waals surface area contributed by atoms with Crippen LogP contribution < -0.4 is 14.8 Å². The van der Waals surface area contributed by atoms with Crippen molar-refractivity contribution in [1.29, 1.82) is 0 Å². The smallest absolute Gasteiger partial charge is 0.251 e. The summed E-state index contributed by atoms with van der Waals surface area (Å²) in [7, 11) is 1.55. The maximum absolute atomic E-state index is 12.7. The van der Waals surface area contributed by atoms with Gasteiger partial charge in [-0.15, -0.1) is 0 Å². The van der Waals surface area contributed by atoms with Gasteiger partial charge < -0.3 is 14.8 Å². The number of carbonyl (C=O) groups excluding carboxylic acids is 1. The van der Waals surface area contributed by atoms with Gasteiger partial charge in [-0.1, -0.05) is 53.0 Å². The monoisotopic (exact) mass is 491 g/mol. The molecule has 0 heterocycles. The highest BCUT2D eigenvalue weighted by atomic mass is 35.5. The molecule has 7 heteroatoms. The van der Waals surface area contributed by atoms with Gasteiger partial charge in [-0.2, -0.15) is 0 Å². The highest BCUT2D eigenvalue weighted by molar-refractivity contribution is 6.35. The second-order valence-electron chi connectivity index (χ2n) is 8.29. The first-order valence-corrected chi connectivity index (χ1v) is 11.1. The highest BCUT2D eigenvalue weighted by Crippen LogP contribution is 2.38. The van der Waals surface area contributed by atoms with E-state index in [1.54, 1.807) is 49.6 Å². The van der Waals surface area contributed by atoms with Gasteiger partial charge in [0.1, 0.15) is 0 Å². The lowest BCUT2D eigenvalue weighted by Gasteiger charge is -2.24. The Morgan fingerprint density at radius 2 is 1.53 bits per heavy atom. The maximum atomic E-state index is 12.7. The largest absolute Gasteiger partial charge is 0.493 e. The number of carbonyl (C=O) groups is 1. The highest BCUT2D eigenvalue weighted by Gasteiger charge is 2.23. The first kappa shape index (κ1) is 24.2. The Morgan fingerprint density at radius 1 is 0.875 bits per heavy atom. The van der Waals surface area contributed by atoms with Gasteiger partial charge in [0.15, 0.2) is 17.6 Å². The Morgan fingerprint density at radius 3 is 2.12 bits per heavy atom. The number of hydrogen-bond donors (Lipinski definition) is 1. The van der Waals surface area contributed by atoms with Gasteiger partial charge in [-0.05, 0) is 68.8 Å². The second-order valence-corrected chi connectivity index (χ2v) is 9.57. The minimum Gasteiger partial charge on any atom is -0.493 e. The zero-order valence-corrected chi connectivity index (χ0v) is 20.5. The van der Waals surface area contributed by atoms with E-state index in [1.165, 1.54) is 0 Å². The van der Waals surface area contributed by atoms with Gasteiger partial charge >= 0.3 is 0 Å². The molecule has 0 radical (unpaired) electrons. The molecule has 0 aliphatic heterocycles. The molecule has 0 bridgehead atoms. The number of methoxy groups -OCH3 is 1. The number of ether oxygens (including phenoxy) is 2. The summed E-state index contributed by atoms with van der Waals surface area (Å²) in [5, 5.41) is 4.53. The molecule has 1 amide bonds. The molecule has 0 aliphatic rings. The fraction of sp³-hybridized carbons (Fsp3) is 0.240. The van der Waals surface area contributed by atoms with Gasteiger partial charge in [0, 0.05) is 31.7 Å². The fourth-order valence-corrected chi connectivity index (χ4v) is 3.75. The molecule has 0 spiro atoms. The molecule has 3 aromatic rings. The van der Waals surface area contributed by atoms with Gasteiger partial charge in [-0.3, -0.25) is 4.79 Å². The van der Waals surface area contributed by atoms with Crippen LogP contribution in [-0.2, 0) is 0 Å². The van der Waals surface area contributed by atoms with Crippen LogP contribution in [0.2, 0.25) is 15.1 Å². The lowest BCUT2D eigenvalue weighted by Crippen LogP contribution is -2.40. The van der Waals surface area contributed by atoms with Crippen LogP contribution >= 0.6 is 34.8 Å². The molecule has 0 saturated carbocycles. The summed E-state index contributed by atoms with van der Waals surface area (Å²) in [6, 6.07) is 17.6. The predicted octanol–water partition coefficient (Wildman–Crippen LogP) is 7.35. The summed E-state index contributed by atoms with van der Waals surface area (Å²) in [6.45, 7) is 5.76. The number of hydrogen-bond acceptors (Lipinski definition) is 3.